The number of thiophene rings is 1. The van der Waals surface area contributed by atoms with E-state index in [9.17, 15) is 0 Å². The zero-order chi connectivity index (χ0) is 10.5. The first-order valence-corrected chi connectivity index (χ1v) is 7.10. The van der Waals surface area contributed by atoms with E-state index in [0.29, 0.717) is 5.38 Å². The van der Waals surface area contributed by atoms with Crippen LogP contribution in [0.15, 0.2) is 16.8 Å². The Hall–Kier alpha value is -0.0500. The molecular weight excluding hydrogens is 226 g/mol. The van der Waals surface area contributed by atoms with Crippen LogP contribution in [0.5, 0.6) is 0 Å². The molecule has 15 heavy (non-hydrogen) atoms. The smallest absolute Gasteiger partial charge is 0.0348 e. The third-order valence-electron chi connectivity index (χ3n) is 3.05. The average molecular weight is 244 g/mol. The van der Waals surface area contributed by atoms with Gasteiger partial charge in [0.05, 0.1) is 0 Å². The standard InChI is InChI=1S/C12H18ClNS/c13-12-2-1-6-14(8-4-12)7-3-11-5-9-15-10-11/h5,9-10,12H,1-4,6-8H2. The Labute approximate surface area is 101 Å². The van der Waals surface area contributed by atoms with Crippen molar-refractivity contribution >= 4 is 22.9 Å². The van der Waals surface area contributed by atoms with E-state index in [2.05, 4.69) is 21.7 Å². The zero-order valence-corrected chi connectivity index (χ0v) is 10.6. The molecule has 1 saturated heterocycles. The summed E-state index contributed by atoms with van der Waals surface area (Å²) in [6.45, 7) is 3.60. The van der Waals surface area contributed by atoms with E-state index < -0.39 is 0 Å². The first-order chi connectivity index (χ1) is 7.34. The monoisotopic (exact) mass is 243 g/mol. The Bertz CT molecular complexity index is 273. The Morgan fingerprint density at radius 2 is 2.33 bits per heavy atom. The van der Waals surface area contributed by atoms with Gasteiger partial charge in [-0.25, -0.2) is 0 Å². The minimum absolute atomic E-state index is 0.413. The molecule has 1 atom stereocenters. The van der Waals surface area contributed by atoms with Gasteiger partial charge in [-0.1, -0.05) is 0 Å². The Kier molecular flexibility index (Phi) is 4.48. The first kappa shape index (κ1) is 11.4. The van der Waals surface area contributed by atoms with Gasteiger partial charge in [0, 0.05) is 11.9 Å². The predicted molar refractivity (Wildman–Crippen MR) is 68.0 cm³/mol. The molecule has 0 radical (unpaired) electrons. The van der Waals surface area contributed by atoms with Crippen molar-refractivity contribution in [3.05, 3.63) is 22.4 Å². The summed E-state index contributed by atoms with van der Waals surface area (Å²) < 4.78 is 0. The summed E-state index contributed by atoms with van der Waals surface area (Å²) in [5, 5.41) is 4.82. The number of hydrogen-bond donors (Lipinski definition) is 0. The highest BCUT2D eigenvalue weighted by Gasteiger charge is 2.14. The lowest BCUT2D eigenvalue weighted by Crippen LogP contribution is -2.27. The van der Waals surface area contributed by atoms with Gasteiger partial charge in [0.1, 0.15) is 0 Å². The third kappa shape index (κ3) is 3.78. The zero-order valence-electron chi connectivity index (χ0n) is 8.99. The molecule has 0 bridgehead atoms. The summed E-state index contributed by atoms with van der Waals surface area (Å²) in [5.41, 5.74) is 1.48. The fraction of sp³-hybridized carbons (Fsp3) is 0.667. The van der Waals surface area contributed by atoms with E-state index in [4.69, 9.17) is 11.6 Å². The molecular formula is C12H18ClNS. The minimum atomic E-state index is 0.413. The second-order valence-electron chi connectivity index (χ2n) is 4.25. The topological polar surface area (TPSA) is 3.24 Å². The molecule has 2 rings (SSSR count). The van der Waals surface area contributed by atoms with Crippen LogP contribution in [0.4, 0.5) is 0 Å². The average Bonchev–Trinajstić information content (AvgIpc) is 2.66. The van der Waals surface area contributed by atoms with Gasteiger partial charge in [-0.05, 0) is 61.2 Å². The number of alkyl halides is 1. The van der Waals surface area contributed by atoms with Crippen molar-refractivity contribution in [2.24, 2.45) is 0 Å². The molecule has 1 fully saturated rings. The summed E-state index contributed by atoms with van der Waals surface area (Å²) >= 11 is 7.95. The van der Waals surface area contributed by atoms with Crippen molar-refractivity contribution in [3.8, 4) is 0 Å². The fourth-order valence-electron chi connectivity index (χ4n) is 2.06. The number of halogens is 1. The predicted octanol–water partition coefficient (Wildman–Crippen LogP) is 3.38. The van der Waals surface area contributed by atoms with Crippen molar-refractivity contribution in [1.29, 1.82) is 0 Å². The van der Waals surface area contributed by atoms with Gasteiger partial charge >= 0.3 is 0 Å². The molecule has 0 aromatic carbocycles. The van der Waals surface area contributed by atoms with Crippen LogP contribution in [0.25, 0.3) is 0 Å². The molecule has 1 aromatic heterocycles. The summed E-state index contributed by atoms with van der Waals surface area (Å²) in [5.74, 6) is 0. The molecule has 1 unspecified atom stereocenters. The second kappa shape index (κ2) is 5.88. The Balaban J connectivity index is 1.74. The highest BCUT2D eigenvalue weighted by molar-refractivity contribution is 7.07. The maximum Gasteiger partial charge on any atom is 0.0348 e. The lowest BCUT2D eigenvalue weighted by Gasteiger charge is -2.19. The summed E-state index contributed by atoms with van der Waals surface area (Å²) in [7, 11) is 0. The number of rotatable bonds is 3. The highest BCUT2D eigenvalue weighted by atomic mass is 35.5. The molecule has 0 saturated carbocycles. The fourth-order valence-corrected chi connectivity index (χ4v) is 3.02. The van der Waals surface area contributed by atoms with Crippen LogP contribution in [-0.4, -0.2) is 29.9 Å². The van der Waals surface area contributed by atoms with Gasteiger partial charge in [-0.15, -0.1) is 11.6 Å². The van der Waals surface area contributed by atoms with Gasteiger partial charge in [0.2, 0.25) is 0 Å². The maximum atomic E-state index is 6.16. The largest absolute Gasteiger partial charge is 0.303 e. The van der Waals surface area contributed by atoms with E-state index in [0.717, 1.165) is 6.42 Å². The molecule has 0 N–H and O–H groups in total. The van der Waals surface area contributed by atoms with Crippen LogP contribution in [0, 0.1) is 0 Å². The van der Waals surface area contributed by atoms with Crippen LogP contribution in [-0.2, 0) is 6.42 Å². The third-order valence-corrected chi connectivity index (χ3v) is 4.22. The Morgan fingerprint density at radius 3 is 3.13 bits per heavy atom. The quantitative estimate of drug-likeness (QED) is 0.736. The van der Waals surface area contributed by atoms with E-state index >= 15 is 0 Å². The van der Waals surface area contributed by atoms with Crippen molar-refractivity contribution in [2.75, 3.05) is 19.6 Å². The molecule has 3 heteroatoms. The van der Waals surface area contributed by atoms with Crippen LogP contribution >= 0.6 is 22.9 Å². The van der Waals surface area contributed by atoms with Crippen molar-refractivity contribution < 1.29 is 0 Å². The summed E-state index contributed by atoms with van der Waals surface area (Å²) in [6, 6.07) is 2.23. The van der Waals surface area contributed by atoms with E-state index in [1.165, 1.54) is 44.5 Å². The molecule has 84 valence electrons. The number of likely N-dealkylation sites (tertiary alicyclic amines) is 1. The molecule has 1 aliphatic rings. The molecule has 0 aliphatic carbocycles. The maximum absolute atomic E-state index is 6.16. The van der Waals surface area contributed by atoms with Crippen LogP contribution in [0.3, 0.4) is 0 Å². The van der Waals surface area contributed by atoms with E-state index in [-0.39, 0.29) is 0 Å². The van der Waals surface area contributed by atoms with Crippen LogP contribution in [0.2, 0.25) is 0 Å². The lowest BCUT2D eigenvalue weighted by molar-refractivity contribution is 0.289. The lowest BCUT2D eigenvalue weighted by atomic mass is 10.2. The van der Waals surface area contributed by atoms with Gasteiger partial charge in [-0.2, -0.15) is 11.3 Å². The van der Waals surface area contributed by atoms with E-state index in [1.54, 1.807) is 11.3 Å². The Morgan fingerprint density at radius 1 is 1.40 bits per heavy atom. The van der Waals surface area contributed by atoms with Gasteiger partial charge in [0.25, 0.3) is 0 Å². The highest BCUT2D eigenvalue weighted by Crippen LogP contribution is 2.16. The number of hydrogen-bond acceptors (Lipinski definition) is 2. The molecule has 2 heterocycles. The van der Waals surface area contributed by atoms with Crippen molar-refractivity contribution in [1.82, 2.24) is 4.90 Å². The normalized spacial score (nSPS) is 23.9. The van der Waals surface area contributed by atoms with Crippen LogP contribution in [0.1, 0.15) is 24.8 Å². The SMILES string of the molecule is ClC1CCCN(CCc2ccsc2)CC1. The number of nitrogens with zero attached hydrogens (tertiary/aromatic N) is 1. The van der Waals surface area contributed by atoms with Gasteiger partial charge in [0.15, 0.2) is 0 Å². The molecule has 0 amide bonds. The second-order valence-corrected chi connectivity index (χ2v) is 5.65. The first-order valence-electron chi connectivity index (χ1n) is 5.72. The van der Waals surface area contributed by atoms with Crippen molar-refractivity contribution in [3.63, 3.8) is 0 Å². The summed E-state index contributed by atoms with van der Waals surface area (Å²) in [4.78, 5) is 2.56. The molecule has 1 aliphatic heterocycles. The molecule has 1 aromatic rings. The van der Waals surface area contributed by atoms with E-state index in [1.807, 2.05) is 0 Å². The molecule has 0 spiro atoms. The van der Waals surface area contributed by atoms with Gasteiger partial charge < -0.3 is 4.90 Å². The molecule has 1 nitrogen and oxygen atoms in total. The van der Waals surface area contributed by atoms with Crippen molar-refractivity contribution in [2.45, 2.75) is 31.1 Å². The minimum Gasteiger partial charge on any atom is -0.303 e. The van der Waals surface area contributed by atoms with Crippen LogP contribution < -0.4 is 0 Å². The van der Waals surface area contributed by atoms with Gasteiger partial charge in [-0.3, -0.25) is 0 Å². The summed E-state index contributed by atoms with van der Waals surface area (Å²) in [6.07, 6.45) is 4.80.